The minimum atomic E-state index is -0.559. The predicted molar refractivity (Wildman–Crippen MR) is 110 cm³/mol. The number of methoxy groups -OCH3 is 1. The van der Waals surface area contributed by atoms with E-state index in [1.165, 1.54) is 12.7 Å². The van der Waals surface area contributed by atoms with Crippen molar-refractivity contribution in [3.05, 3.63) is 29.8 Å². The molecule has 162 valence electrons. The number of esters is 1. The summed E-state index contributed by atoms with van der Waals surface area (Å²) in [5, 5.41) is 13.8. The van der Waals surface area contributed by atoms with Crippen molar-refractivity contribution in [2.45, 2.75) is 32.4 Å². The van der Waals surface area contributed by atoms with Gasteiger partial charge in [-0.15, -0.1) is 0 Å². The number of nitrogens with one attached hydrogen (secondary N) is 1. The molecular weight excluding hydrogens is 372 g/mol. The van der Waals surface area contributed by atoms with Crippen LogP contribution in [-0.4, -0.2) is 75.2 Å². The van der Waals surface area contributed by atoms with Gasteiger partial charge in [-0.1, -0.05) is 19.1 Å². The third kappa shape index (κ3) is 6.67. The molecule has 0 unspecified atom stereocenters. The van der Waals surface area contributed by atoms with E-state index in [-0.39, 0.29) is 23.9 Å². The third-order valence-corrected chi connectivity index (χ3v) is 5.74. The zero-order chi connectivity index (χ0) is 20.7. The van der Waals surface area contributed by atoms with Gasteiger partial charge in [-0.05, 0) is 43.6 Å². The fourth-order valence-corrected chi connectivity index (χ4v) is 3.83. The molecule has 2 saturated heterocycles. The van der Waals surface area contributed by atoms with Gasteiger partial charge in [-0.25, -0.2) is 0 Å². The van der Waals surface area contributed by atoms with E-state index in [9.17, 15) is 9.90 Å². The van der Waals surface area contributed by atoms with Crippen LogP contribution in [0.25, 0.3) is 0 Å². The molecule has 7 nitrogen and oxygen atoms in total. The van der Waals surface area contributed by atoms with E-state index in [2.05, 4.69) is 17.1 Å². The van der Waals surface area contributed by atoms with Gasteiger partial charge in [0.05, 0.1) is 26.2 Å². The zero-order valence-corrected chi connectivity index (χ0v) is 17.6. The van der Waals surface area contributed by atoms with Crippen LogP contribution in [0.3, 0.4) is 0 Å². The van der Waals surface area contributed by atoms with Gasteiger partial charge in [0.15, 0.2) is 0 Å². The maximum Gasteiger partial charge on any atom is 0.308 e. The van der Waals surface area contributed by atoms with Gasteiger partial charge in [-0.2, -0.15) is 0 Å². The largest absolute Gasteiger partial charge is 0.491 e. The van der Waals surface area contributed by atoms with Crippen molar-refractivity contribution in [1.82, 2.24) is 10.2 Å². The number of rotatable bonds is 10. The Morgan fingerprint density at radius 2 is 2.00 bits per heavy atom. The van der Waals surface area contributed by atoms with Crippen LogP contribution in [0.2, 0.25) is 0 Å². The van der Waals surface area contributed by atoms with Crippen molar-refractivity contribution < 1.29 is 24.1 Å². The number of benzene rings is 1. The molecule has 0 spiro atoms. The van der Waals surface area contributed by atoms with Gasteiger partial charge in [0.2, 0.25) is 0 Å². The summed E-state index contributed by atoms with van der Waals surface area (Å²) in [6.45, 7) is 8.07. The van der Waals surface area contributed by atoms with Gasteiger partial charge >= 0.3 is 5.97 Å². The van der Waals surface area contributed by atoms with E-state index in [0.29, 0.717) is 6.54 Å². The second kappa shape index (κ2) is 10.4. The molecule has 2 heterocycles. The van der Waals surface area contributed by atoms with Crippen LogP contribution < -0.4 is 10.1 Å². The van der Waals surface area contributed by atoms with E-state index in [1.807, 2.05) is 24.3 Å². The molecule has 1 atom stereocenters. The Labute approximate surface area is 173 Å². The normalized spacial score (nSPS) is 20.7. The summed E-state index contributed by atoms with van der Waals surface area (Å²) in [4.78, 5) is 13.8. The Hall–Kier alpha value is -1.67. The first-order valence-electron chi connectivity index (χ1n) is 10.5. The van der Waals surface area contributed by atoms with Crippen LogP contribution in [0.4, 0.5) is 0 Å². The lowest BCUT2D eigenvalue weighted by Gasteiger charge is -2.38. The molecule has 0 aromatic heterocycles. The lowest BCUT2D eigenvalue weighted by molar-refractivity contribution is -0.147. The summed E-state index contributed by atoms with van der Waals surface area (Å²) in [6.07, 6.45) is 1.00. The third-order valence-electron chi connectivity index (χ3n) is 5.74. The predicted octanol–water partition coefficient (Wildman–Crippen LogP) is 1.44. The van der Waals surface area contributed by atoms with Crippen LogP contribution in [0.5, 0.6) is 5.75 Å². The number of piperidine rings is 1. The molecule has 2 fully saturated rings. The topological polar surface area (TPSA) is 80.3 Å². The van der Waals surface area contributed by atoms with Crippen molar-refractivity contribution >= 4 is 5.97 Å². The molecular formula is C22H34N2O5. The number of carbonyl (C=O) groups excluding carboxylic acids is 1. The van der Waals surface area contributed by atoms with E-state index in [0.717, 1.165) is 58.0 Å². The van der Waals surface area contributed by atoms with Gasteiger partial charge in [0.1, 0.15) is 18.5 Å². The summed E-state index contributed by atoms with van der Waals surface area (Å²) >= 11 is 0. The minimum Gasteiger partial charge on any atom is -0.491 e. The van der Waals surface area contributed by atoms with Crippen LogP contribution in [0, 0.1) is 11.3 Å². The molecule has 0 saturated carbocycles. The molecule has 1 aromatic rings. The average Bonchev–Trinajstić information content (AvgIpc) is 2.72. The van der Waals surface area contributed by atoms with Crippen molar-refractivity contribution in [3.8, 4) is 5.75 Å². The molecule has 29 heavy (non-hydrogen) atoms. The summed E-state index contributed by atoms with van der Waals surface area (Å²) in [7, 11) is 1.43. The summed E-state index contributed by atoms with van der Waals surface area (Å²) < 4.78 is 15.8. The van der Waals surface area contributed by atoms with Crippen LogP contribution >= 0.6 is 0 Å². The smallest absolute Gasteiger partial charge is 0.308 e. The van der Waals surface area contributed by atoms with Crippen LogP contribution in [-0.2, 0) is 20.8 Å². The number of aliphatic hydroxyl groups excluding tert-OH is 1. The molecule has 1 aromatic carbocycles. The molecule has 0 radical (unpaired) electrons. The molecule has 2 aliphatic heterocycles. The van der Waals surface area contributed by atoms with E-state index >= 15 is 0 Å². The fraction of sp³-hybridized carbons (Fsp3) is 0.682. The quantitative estimate of drug-likeness (QED) is 0.569. The molecule has 2 N–H and O–H groups in total. The Kier molecular flexibility index (Phi) is 7.89. The van der Waals surface area contributed by atoms with Crippen molar-refractivity contribution in [1.29, 1.82) is 0 Å². The Morgan fingerprint density at radius 3 is 2.59 bits per heavy atom. The second-order valence-electron chi connectivity index (χ2n) is 8.61. The highest BCUT2D eigenvalue weighted by molar-refractivity contribution is 5.72. The number of aliphatic hydroxyl groups is 1. The zero-order valence-electron chi connectivity index (χ0n) is 17.6. The second-order valence-corrected chi connectivity index (χ2v) is 8.61. The number of likely N-dealkylation sites (tertiary alicyclic amines) is 1. The van der Waals surface area contributed by atoms with E-state index in [4.69, 9.17) is 14.2 Å². The lowest BCUT2D eigenvalue weighted by atomic mass is 9.89. The van der Waals surface area contributed by atoms with Gasteiger partial charge in [-0.3, -0.25) is 4.79 Å². The first kappa shape index (κ1) is 22.0. The maximum atomic E-state index is 11.6. The number of carbonyl (C=O) groups is 1. The highest BCUT2D eigenvalue weighted by Crippen LogP contribution is 2.25. The number of nitrogens with zero attached hydrogens (tertiary/aromatic N) is 1. The molecule has 0 bridgehead atoms. The SMILES string of the molecule is COC(=O)C1CCN(C[C@H](O)COc2ccc(CNCC3(C)COC3)cc2)CC1. The Balaban J connectivity index is 1.31. The molecule has 7 heteroatoms. The van der Waals surface area contributed by atoms with Crippen LogP contribution in [0.1, 0.15) is 25.3 Å². The van der Waals surface area contributed by atoms with Crippen molar-refractivity contribution in [2.75, 3.05) is 53.1 Å². The molecule has 0 amide bonds. The number of β-amino-alcohol motifs (C(OH)–C–C–N with tert-alkyl or cyclic N) is 1. The van der Waals surface area contributed by atoms with Crippen LogP contribution in [0.15, 0.2) is 24.3 Å². The van der Waals surface area contributed by atoms with Crippen molar-refractivity contribution in [2.24, 2.45) is 11.3 Å². The van der Waals surface area contributed by atoms with E-state index in [1.54, 1.807) is 0 Å². The summed E-state index contributed by atoms with van der Waals surface area (Å²) in [5.74, 6) is 0.623. The average molecular weight is 407 g/mol. The van der Waals surface area contributed by atoms with Gasteiger partial charge in [0.25, 0.3) is 0 Å². The first-order valence-corrected chi connectivity index (χ1v) is 10.5. The number of hydrogen-bond acceptors (Lipinski definition) is 7. The van der Waals surface area contributed by atoms with Gasteiger partial charge < -0.3 is 29.5 Å². The summed E-state index contributed by atoms with van der Waals surface area (Å²) in [6, 6.07) is 7.98. The maximum absolute atomic E-state index is 11.6. The fourth-order valence-electron chi connectivity index (χ4n) is 3.83. The highest BCUT2D eigenvalue weighted by Gasteiger charge is 2.32. The first-order chi connectivity index (χ1) is 14.0. The standard InChI is InChI=1S/C22H34N2O5/c1-22(15-28-16-22)14-23-11-17-3-5-20(6-4-17)29-13-19(25)12-24-9-7-18(8-10-24)21(26)27-2/h3-6,18-19,23,25H,7-16H2,1-2H3/t19-/m0/s1. The van der Waals surface area contributed by atoms with Gasteiger partial charge in [0, 0.05) is 25.0 Å². The molecule has 2 aliphatic rings. The Morgan fingerprint density at radius 1 is 1.31 bits per heavy atom. The van der Waals surface area contributed by atoms with Crippen molar-refractivity contribution in [3.63, 3.8) is 0 Å². The summed E-state index contributed by atoms with van der Waals surface area (Å²) in [5.41, 5.74) is 1.48. The van der Waals surface area contributed by atoms with E-state index < -0.39 is 6.10 Å². The molecule has 3 rings (SSSR count). The monoisotopic (exact) mass is 406 g/mol. The highest BCUT2D eigenvalue weighted by atomic mass is 16.5. The molecule has 0 aliphatic carbocycles. The minimum absolute atomic E-state index is 0.0115. The lowest BCUT2D eigenvalue weighted by Crippen LogP contribution is -2.47. The number of ether oxygens (including phenoxy) is 3. The Bertz CT molecular complexity index is 639. The number of hydrogen-bond donors (Lipinski definition) is 2.